The molecule has 0 atom stereocenters. The lowest BCUT2D eigenvalue weighted by Gasteiger charge is -2.30. The largest absolute Gasteiger partial charge is 0.0725 e. The predicted molar refractivity (Wildman–Crippen MR) is 239 cm³/mol. The highest BCUT2D eigenvalue weighted by molar-refractivity contribution is 6.23. The SMILES string of the molecule is c1ccc(-c2cc(-c3ccccc3)cc(-c3c4ccccc4c(-c4cccc5c4-c4ccccc4C54c5ccccc5-c5ccccc54)c4ccccc34)c2)cc1. The third-order valence-corrected chi connectivity index (χ3v) is 12.7. The lowest BCUT2D eigenvalue weighted by Crippen LogP contribution is -2.25. The molecule has 10 aromatic carbocycles. The number of rotatable bonds is 4. The van der Waals surface area contributed by atoms with Crippen molar-refractivity contribution in [2.24, 2.45) is 0 Å². The van der Waals surface area contributed by atoms with E-state index in [0.29, 0.717) is 0 Å². The van der Waals surface area contributed by atoms with Crippen molar-refractivity contribution in [2.75, 3.05) is 0 Å². The van der Waals surface area contributed by atoms with E-state index in [-0.39, 0.29) is 0 Å². The van der Waals surface area contributed by atoms with Crippen LogP contribution in [0.5, 0.6) is 0 Å². The molecule has 0 radical (unpaired) electrons. The van der Waals surface area contributed by atoms with Crippen molar-refractivity contribution in [3.63, 3.8) is 0 Å². The average molecular weight is 721 g/mol. The summed E-state index contributed by atoms with van der Waals surface area (Å²) in [6.45, 7) is 0. The Kier molecular flexibility index (Phi) is 6.94. The summed E-state index contributed by atoms with van der Waals surface area (Å²) in [5, 5.41) is 5.03. The monoisotopic (exact) mass is 720 g/mol. The molecule has 10 aromatic rings. The van der Waals surface area contributed by atoms with Crippen molar-refractivity contribution >= 4 is 21.5 Å². The van der Waals surface area contributed by atoms with E-state index in [9.17, 15) is 0 Å². The van der Waals surface area contributed by atoms with Crippen molar-refractivity contribution in [3.05, 3.63) is 241 Å². The molecule has 57 heavy (non-hydrogen) atoms. The molecular formula is C57H36. The molecule has 0 nitrogen and oxygen atoms in total. The molecule has 264 valence electrons. The molecule has 0 amide bonds. The molecule has 0 aliphatic heterocycles. The van der Waals surface area contributed by atoms with Gasteiger partial charge in [0.05, 0.1) is 5.41 Å². The van der Waals surface area contributed by atoms with Crippen LogP contribution in [-0.4, -0.2) is 0 Å². The minimum Gasteiger partial charge on any atom is -0.0622 e. The lowest BCUT2D eigenvalue weighted by molar-refractivity contribution is 0.794. The van der Waals surface area contributed by atoms with Gasteiger partial charge in [0.25, 0.3) is 0 Å². The van der Waals surface area contributed by atoms with Gasteiger partial charge in [0, 0.05) is 0 Å². The van der Waals surface area contributed by atoms with Crippen LogP contribution in [-0.2, 0) is 5.41 Å². The van der Waals surface area contributed by atoms with Crippen molar-refractivity contribution in [1.82, 2.24) is 0 Å². The molecule has 0 aromatic heterocycles. The first-order valence-corrected chi connectivity index (χ1v) is 19.9. The first-order valence-electron chi connectivity index (χ1n) is 19.9. The normalized spacial score (nSPS) is 13.1. The van der Waals surface area contributed by atoms with Gasteiger partial charge in [-0.25, -0.2) is 0 Å². The lowest BCUT2D eigenvalue weighted by atomic mass is 9.70. The Labute approximate surface area is 333 Å². The molecule has 0 unspecified atom stereocenters. The highest BCUT2D eigenvalue weighted by atomic mass is 14.5. The van der Waals surface area contributed by atoms with E-state index < -0.39 is 5.41 Å². The molecule has 2 aliphatic carbocycles. The van der Waals surface area contributed by atoms with Gasteiger partial charge in [-0.15, -0.1) is 0 Å². The summed E-state index contributed by atoms with van der Waals surface area (Å²) in [4.78, 5) is 0. The van der Waals surface area contributed by atoms with E-state index in [1.807, 2.05) is 0 Å². The Morgan fingerprint density at radius 2 is 0.579 bits per heavy atom. The molecule has 0 fully saturated rings. The van der Waals surface area contributed by atoms with E-state index in [2.05, 4.69) is 218 Å². The first-order chi connectivity index (χ1) is 28.3. The smallest absolute Gasteiger partial charge is 0.0622 e. The molecule has 0 bridgehead atoms. The van der Waals surface area contributed by atoms with Crippen LogP contribution < -0.4 is 0 Å². The summed E-state index contributed by atoms with van der Waals surface area (Å²) in [6, 6.07) is 81.3. The zero-order chi connectivity index (χ0) is 37.5. The molecule has 1 spiro atoms. The fourth-order valence-electron chi connectivity index (χ4n) is 10.4. The van der Waals surface area contributed by atoms with Gasteiger partial charge in [-0.3, -0.25) is 0 Å². The molecule has 0 heteroatoms. The Morgan fingerprint density at radius 3 is 1.11 bits per heavy atom. The Morgan fingerprint density at radius 1 is 0.211 bits per heavy atom. The van der Waals surface area contributed by atoms with Crippen molar-refractivity contribution in [2.45, 2.75) is 5.41 Å². The van der Waals surface area contributed by atoms with Crippen LogP contribution in [0.3, 0.4) is 0 Å². The summed E-state index contributed by atoms with van der Waals surface area (Å²) in [7, 11) is 0. The van der Waals surface area contributed by atoms with Gasteiger partial charge < -0.3 is 0 Å². The second-order valence-corrected chi connectivity index (χ2v) is 15.5. The average Bonchev–Trinajstić information content (AvgIpc) is 3.76. The summed E-state index contributed by atoms with van der Waals surface area (Å²) in [5.41, 5.74) is 20.3. The van der Waals surface area contributed by atoms with E-state index in [1.165, 1.54) is 111 Å². The van der Waals surface area contributed by atoms with Gasteiger partial charge in [0.2, 0.25) is 0 Å². The van der Waals surface area contributed by atoms with Gasteiger partial charge >= 0.3 is 0 Å². The standard InChI is InChI=1S/C57H36/c1-3-18-37(19-4-1)39-34-40(38-20-5-2-6-21-38)36-41(35-39)54-44-24-7-9-26-46(44)55(47-27-10-8-25-45(47)54)49-29-17-33-53-56(49)48-28-13-16-32-52(48)57(53)50-30-14-11-22-42(50)43-23-12-15-31-51(43)57/h1-36H. The summed E-state index contributed by atoms with van der Waals surface area (Å²) < 4.78 is 0. The van der Waals surface area contributed by atoms with Crippen LogP contribution in [0.15, 0.2) is 218 Å². The highest BCUT2D eigenvalue weighted by Crippen LogP contribution is 2.64. The molecule has 2 aliphatic rings. The van der Waals surface area contributed by atoms with Crippen molar-refractivity contribution < 1.29 is 0 Å². The number of hydrogen-bond acceptors (Lipinski definition) is 0. The van der Waals surface area contributed by atoms with Crippen molar-refractivity contribution in [3.8, 4) is 66.8 Å². The van der Waals surface area contributed by atoms with E-state index in [0.717, 1.165) is 0 Å². The summed E-state index contributed by atoms with van der Waals surface area (Å²) >= 11 is 0. The third-order valence-electron chi connectivity index (χ3n) is 12.7. The fourth-order valence-corrected chi connectivity index (χ4v) is 10.4. The molecule has 0 heterocycles. The van der Waals surface area contributed by atoms with Crippen molar-refractivity contribution in [1.29, 1.82) is 0 Å². The predicted octanol–water partition coefficient (Wildman–Crippen LogP) is 15.0. The minimum atomic E-state index is -0.396. The highest BCUT2D eigenvalue weighted by Gasteiger charge is 2.52. The van der Waals surface area contributed by atoms with Crippen LogP contribution in [0.2, 0.25) is 0 Å². The topological polar surface area (TPSA) is 0 Å². The molecule has 0 saturated heterocycles. The Balaban J connectivity index is 1.18. The first kappa shape index (κ1) is 32.0. The Hall–Kier alpha value is -7.28. The molecule has 0 N–H and O–H groups in total. The second-order valence-electron chi connectivity index (χ2n) is 15.5. The summed E-state index contributed by atoms with van der Waals surface area (Å²) in [5.74, 6) is 0. The van der Waals surface area contributed by atoms with Crippen LogP contribution in [0, 0.1) is 0 Å². The number of fused-ring (bicyclic) bond motifs is 12. The maximum Gasteiger partial charge on any atom is 0.0725 e. The third kappa shape index (κ3) is 4.50. The summed E-state index contributed by atoms with van der Waals surface area (Å²) in [6.07, 6.45) is 0. The van der Waals surface area contributed by atoms with E-state index in [1.54, 1.807) is 0 Å². The zero-order valence-electron chi connectivity index (χ0n) is 31.3. The fraction of sp³-hybridized carbons (Fsp3) is 0.0175. The van der Waals surface area contributed by atoms with Crippen LogP contribution >= 0.6 is 0 Å². The maximum absolute atomic E-state index is 2.40. The van der Waals surface area contributed by atoms with Gasteiger partial charge in [0.1, 0.15) is 0 Å². The molecule has 0 saturated carbocycles. The van der Waals surface area contributed by atoms with E-state index >= 15 is 0 Å². The molecule has 12 rings (SSSR count). The molecular weight excluding hydrogens is 685 g/mol. The van der Waals surface area contributed by atoms with Gasteiger partial charge in [-0.05, 0) is 129 Å². The van der Waals surface area contributed by atoms with Gasteiger partial charge in [-0.1, -0.05) is 200 Å². The Bertz CT molecular complexity index is 3060. The van der Waals surface area contributed by atoms with Crippen LogP contribution in [0.25, 0.3) is 88.3 Å². The van der Waals surface area contributed by atoms with Gasteiger partial charge in [0.15, 0.2) is 0 Å². The van der Waals surface area contributed by atoms with Crippen LogP contribution in [0.1, 0.15) is 22.3 Å². The quantitative estimate of drug-likeness (QED) is 0.159. The minimum absolute atomic E-state index is 0.396. The second kappa shape index (κ2) is 12.4. The van der Waals surface area contributed by atoms with Gasteiger partial charge in [-0.2, -0.15) is 0 Å². The number of hydrogen-bond donors (Lipinski definition) is 0. The zero-order valence-corrected chi connectivity index (χ0v) is 31.3. The maximum atomic E-state index is 2.40. The van der Waals surface area contributed by atoms with E-state index in [4.69, 9.17) is 0 Å². The van der Waals surface area contributed by atoms with Crippen LogP contribution in [0.4, 0.5) is 0 Å². The number of benzene rings is 10.